The second kappa shape index (κ2) is 3.18. The maximum absolute atomic E-state index is 10.5. The van der Waals surface area contributed by atoms with E-state index in [0.29, 0.717) is 17.1 Å². The van der Waals surface area contributed by atoms with E-state index < -0.39 is 5.72 Å². The number of nitrogens with two attached hydrogens (primary N) is 2. The number of thiazole rings is 1. The Morgan fingerprint density at radius 3 is 2.83 bits per heavy atom. The van der Waals surface area contributed by atoms with Gasteiger partial charge in [0.05, 0.1) is 0 Å². The van der Waals surface area contributed by atoms with E-state index in [1.807, 2.05) is 0 Å². The Bertz CT molecular complexity index is 288. The minimum Gasteiger partial charge on any atom is -0.375 e. The molecule has 1 unspecified atom stereocenters. The Morgan fingerprint density at radius 2 is 2.50 bits per heavy atom. The number of methoxy groups -OCH3 is 1. The van der Waals surface area contributed by atoms with Gasteiger partial charge >= 0.3 is 0 Å². The molecule has 0 aliphatic rings. The van der Waals surface area contributed by atoms with Crippen molar-refractivity contribution in [2.75, 3.05) is 12.8 Å². The minimum atomic E-state index is -1.46. The molecular weight excluding hydrogens is 178 g/mol. The first-order valence-corrected chi connectivity index (χ1v) is 4.02. The molecule has 0 radical (unpaired) electrons. The molecule has 4 N–H and O–H groups in total. The third-order valence-corrected chi connectivity index (χ3v) is 2.11. The Labute approximate surface area is 73.3 Å². The van der Waals surface area contributed by atoms with Gasteiger partial charge in [0.1, 0.15) is 5.69 Å². The smallest absolute Gasteiger partial charge is 0.217 e. The van der Waals surface area contributed by atoms with Gasteiger partial charge in [-0.3, -0.25) is 10.5 Å². The molecule has 12 heavy (non-hydrogen) atoms. The number of carbonyl (C=O) groups is 1. The average molecular weight is 187 g/mol. The molecule has 0 bridgehead atoms. The highest BCUT2D eigenvalue weighted by atomic mass is 32.1. The number of rotatable bonds is 3. The van der Waals surface area contributed by atoms with Gasteiger partial charge in [0.2, 0.25) is 5.72 Å². The molecule has 0 aromatic carbocycles. The van der Waals surface area contributed by atoms with Crippen molar-refractivity contribution in [1.82, 2.24) is 4.98 Å². The van der Waals surface area contributed by atoms with Crippen molar-refractivity contribution in [3.63, 3.8) is 0 Å². The number of aromatic nitrogens is 1. The molecular formula is C6H9N3O2S. The molecule has 1 aromatic heterocycles. The van der Waals surface area contributed by atoms with Crippen LogP contribution >= 0.6 is 11.3 Å². The number of anilines is 1. The van der Waals surface area contributed by atoms with E-state index >= 15 is 0 Å². The highest BCUT2D eigenvalue weighted by molar-refractivity contribution is 7.13. The average Bonchev–Trinajstić information content (AvgIpc) is 2.51. The maximum atomic E-state index is 10.5. The fraction of sp³-hybridized carbons (Fsp3) is 0.333. The first-order chi connectivity index (χ1) is 5.62. The number of hydrogen-bond acceptors (Lipinski definition) is 6. The van der Waals surface area contributed by atoms with Crippen LogP contribution < -0.4 is 11.5 Å². The highest BCUT2D eigenvalue weighted by Gasteiger charge is 2.29. The largest absolute Gasteiger partial charge is 0.375 e. The first-order valence-electron chi connectivity index (χ1n) is 3.14. The van der Waals surface area contributed by atoms with E-state index in [4.69, 9.17) is 16.2 Å². The number of nitrogen functional groups attached to an aromatic ring is 1. The molecule has 1 heterocycles. The van der Waals surface area contributed by atoms with Crippen molar-refractivity contribution in [3.8, 4) is 0 Å². The zero-order valence-corrected chi connectivity index (χ0v) is 7.30. The summed E-state index contributed by atoms with van der Waals surface area (Å²) in [5.74, 6) is 0. The summed E-state index contributed by atoms with van der Waals surface area (Å²) >= 11 is 1.21. The van der Waals surface area contributed by atoms with Crippen LogP contribution in [0.4, 0.5) is 5.13 Å². The zero-order valence-electron chi connectivity index (χ0n) is 6.48. The number of carbonyl (C=O) groups excluding carboxylic acids is 1. The SMILES string of the molecule is COC(N)(C=O)c1csc(N)n1. The van der Waals surface area contributed by atoms with Crippen molar-refractivity contribution in [1.29, 1.82) is 0 Å². The Hall–Kier alpha value is -0.980. The third kappa shape index (κ3) is 1.45. The Balaban J connectivity index is 3.02. The van der Waals surface area contributed by atoms with Crippen molar-refractivity contribution in [2.24, 2.45) is 5.73 Å². The zero-order chi connectivity index (χ0) is 9.19. The topological polar surface area (TPSA) is 91.2 Å². The first kappa shape index (κ1) is 9.11. The molecule has 5 nitrogen and oxygen atoms in total. The van der Waals surface area contributed by atoms with Crippen molar-refractivity contribution < 1.29 is 9.53 Å². The van der Waals surface area contributed by atoms with E-state index in [0.717, 1.165) is 0 Å². The van der Waals surface area contributed by atoms with Gasteiger partial charge in [-0.05, 0) is 0 Å². The minimum absolute atomic E-state index is 0.336. The standard InChI is InChI=1S/C6H9N3O2S/c1-11-6(8,3-10)4-2-12-5(7)9-4/h2-3H,8H2,1H3,(H2,7,9). The van der Waals surface area contributed by atoms with Crippen LogP contribution in [0.1, 0.15) is 5.69 Å². The van der Waals surface area contributed by atoms with Crippen LogP contribution in [0.3, 0.4) is 0 Å². The lowest BCUT2D eigenvalue weighted by Crippen LogP contribution is -2.40. The quantitative estimate of drug-likeness (QED) is 0.500. The lowest BCUT2D eigenvalue weighted by molar-refractivity contribution is -0.128. The summed E-state index contributed by atoms with van der Waals surface area (Å²) in [6.45, 7) is 0. The van der Waals surface area contributed by atoms with E-state index in [1.54, 1.807) is 5.38 Å². The number of ether oxygens (including phenoxy) is 1. The Kier molecular flexibility index (Phi) is 2.41. The van der Waals surface area contributed by atoms with Crippen LogP contribution in [0.5, 0.6) is 0 Å². The van der Waals surface area contributed by atoms with Crippen LogP contribution in [0.2, 0.25) is 0 Å². The molecule has 0 saturated heterocycles. The third-order valence-electron chi connectivity index (χ3n) is 1.44. The number of aldehydes is 1. The second-order valence-electron chi connectivity index (χ2n) is 2.19. The summed E-state index contributed by atoms with van der Waals surface area (Å²) in [5.41, 5.74) is 9.77. The summed E-state index contributed by atoms with van der Waals surface area (Å²) in [6, 6.07) is 0. The Morgan fingerprint density at radius 1 is 1.83 bits per heavy atom. The molecule has 0 amide bonds. The van der Waals surface area contributed by atoms with Crippen LogP contribution in [0.25, 0.3) is 0 Å². The summed E-state index contributed by atoms with van der Waals surface area (Å²) in [7, 11) is 1.34. The van der Waals surface area contributed by atoms with Crippen LogP contribution in [-0.4, -0.2) is 18.4 Å². The van der Waals surface area contributed by atoms with E-state index in [9.17, 15) is 4.79 Å². The van der Waals surface area contributed by atoms with Gasteiger partial charge in [-0.25, -0.2) is 4.98 Å². The normalized spacial score (nSPS) is 15.5. The predicted molar refractivity (Wildman–Crippen MR) is 45.5 cm³/mol. The van der Waals surface area contributed by atoms with Gasteiger partial charge in [0.25, 0.3) is 0 Å². The molecule has 6 heteroatoms. The van der Waals surface area contributed by atoms with Gasteiger partial charge in [0, 0.05) is 12.5 Å². The van der Waals surface area contributed by atoms with Gasteiger partial charge in [0.15, 0.2) is 11.4 Å². The van der Waals surface area contributed by atoms with Crippen LogP contribution in [0.15, 0.2) is 5.38 Å². The van der Waals surface area contributed by atoms with E-state index in [1.165, 1.54) is 18.4 Å². The van der Waals surface area contributed by atoms with E-state index in [-0.39, 0.29) is 0 Å². The van der Waals surface area contributed by atoms with Crippen molar-refractivity contribution in [2.45, 2.75) is 5.72 Å². The number of hydrogen-bond donors (Lipinski definition) is 2. The molecule has 66 valence electrons. The van der Waals surface area contributed by atoms with Gasteiger partial charge in [-0.15, -0.1) is 11.3 Å². The van der Waals surface area contributed by atoms with Crippen molar-refractivity contribution in [3.05, 3.63) is 11.1 Å². The molecule has 1 atom stereocenters. The lowest BCUT2D eigenvalue weighted by atomic mass is 10.2. The maximum Gasteiger partial charge on any atom is 0.217 e. The summed E-state index contributed by atoms with van der Waals surface area (Å²) in [4.78, 5) is 14.4. The highest BCUT2D eigenvalue weighted by Crippen LogP contribution is 2.20. The van der Waals surface area contributed by atoms with Crippen molar-refractivity contribution >= 4 is 22.8 Å². The van der Waals surface area contributed by atoms with Gasteiger partial charge < -0.3 is 10.5 Å². The molecule has 0 saturated carbocycles. The summed E-state index contributed by atoms with van der Waals surface area (Å²) in [5, 5.41) is 1.95. The van der Waals surface area contributed by atoms with Gasteiger partial charge in [-0.1, -0.05) is 0 Å². The predicted octanol–water partition coefficient (Wildman–Crippen LogP) is -0.318. The van der Waals surface area contributed by atoms with Gasteiger partial charge in [-0.2, -0.15) is 0 Å². The van der Waals surface area contributed by atoms with Crippen LogP contribution in [0, 0.1) is 0 Å². The molecule has 0 aliphatic carbocycles. The molecule has 0 aliphatic heterocycles. The molecule has 1 rings (SSSR count). The molecule has 0 fully saturated rings. The fourth-order valence-corrected chi connectivity index (χ4v) is 1.30. The lowest BCUT2D eigenvalue weighted by Gasteiger charge is -2.17. The number of nitrogens with zero attached hydrogens (tertiary/aromatic N) is 1. The second-order valence-corrected chi connectivity index (χ2v) is 3.08. The summed E-state index contributed by atoms with van der Waals surface area (Å²) < 4.78 is 4.78. The van der Waals surface area contributed by atoms with E-state index in [2.05, 4.69) is 4.98 Å². The summed E-state index contributed by atoms with van der Waals surface area (Å²) in [6.07, 6.45) is 0.488. The van der Waals surface area contributed by atoms with Crippen LogP contribution in [-0.2, 0) is 15.3 Å². The molecule has 0 spiro atoms. The fourth-order valence-electron chi connectivity index (χ4n) is 0.680. The monoisotopic (exact) mass is 187 g/mol. The molecule has 1 aromatic rings.